The van der Waals surface area contributed by atoms with Crippen LogP contribution in [-0.2, 0) is 13.6 Å². The van der Waals surface area contributed by atoms with Gasteiger partial charge in [-0.15, -0.1) is 0 Å². The lowest BCUT2D eigenvalue weighted by Gasteiger charge is -2.20. The minimum absolute atomic E-state index is 0.113. The molecule has 0 saturated heterocycles. The van der Waals surface area contributed by atoms with Crippen LogP contribution in [0.1, 0.15) is 79.1 Å². The Kier molecular flexibility index (Phi) is 13.1. The molecule has 0 aliphatic rings. The highest BCUT2D eigenvalue weighted by Crippen LogP contribution is 2.51. The molecule has 0 fully saturated rings. The summed E-state index contributed by atoms with van der Waals surface area (Å²) in [6.07, 6.45) is 6.80. The van der Waals surface area contributed by atoms with E-state index in [4.69, 9.17) is 27.5 Å². The van der Waals surface area contributed by atoms with Crippen LogP contribution in [0.25, 0.3) is 22.3 Å². The largest absolute Gasteiger partial charge is 0.530 e. The molecule has 0 amide bonds. The van der Waals surface area contributed by atoms with Gasteiger partial charge in [0, 0.05) is 5.56 Å². The van der Waals surface area contributed by atoms with Crippen LogP contribution in [0, 0.1) is 0 Å². The number of fused-ring (bicyclic) bond motifs is 1. The van der Waals surface area contributed by atoms with Crippen molar-refractivity contribution in [3.8, 4) is 28.6 Å². The molecule has 220 valence electrons. The number of para-hydroxylation sites is 1. The maximum absolute atomic E-state index is 13.8. The summed E-state index contributed by atoms with van der Waals surface area (Å²) in [7, 11) is -4.13. The highest BCUT2D eigenvalue weighted by Gasteiger charge is 2.33. The number of phosphoric acid groups is 1. The van der Waals surface area contributed by atoms with E-state index in [1.54, 1.807) is 42.5 Å². The molecule has 3 rings (SSSR count). The highest BCUT2D eigenvalue weighted by atomic mass is 31.2. The molecule has 0 bridgehead atoms. The molecule has 2 aromatic carbocycles. The quantitative estimate of drug-likeness (QED) is 0.103. The van der Waals surface area contributed by atoms with E-state index in [2.05, 4.69) is 13.8 Å². The second-order valence-electron chi connectivity index (χ2n) is 9.56. The van der Waals surface area contributed by atoms with E-state index in [9.17, 15) is 9.36 Å². The molecule has 0 radical (unpaired) electrons. The van der Waals surface area contributed by atoms with Gasteiger partial charge in [-0.05, 0) is 56.0 Å². The van der Waals surface area contributed by atoms with Crippen LogP contribution in [0.15, 0.2) is 51.7 Å². The molecule has 3 aromatic rings. The first-order valence-corrected chi connectivity index (χ1v) is 16.0. The zero-order valence-electron chi connectivity index (χ0n) is 24.2. The fourth-order valence-electron chi connectivity index (χ4n) is 3.78. The lowest BCUT2D eigenvalue weighted by molar-refractivity contribution is 0.151. The van der Waals surface area contributed by atoms with E-state index >= 15 is 0 Å². The molecule has 40 heavy (non-hydrogen) atoms. The summed E-state index contributed by atoms with van der Waals surface area (Å²) >= 11 is 0. The maximum atomic E-state index is 13.8. The molecule has 0 saturated carbocycles. The second-order valence-corrected chi connectivity index (χ2v) is 11.2. The van der Waals surface area contributed by atoms with Crippen LogP contribution in [0.5, 0.6) is 17.2 Å². The first-order chi connectivity index (χ1) is 19.5. The van der Waals surface area contributed by atoms with Gasteiger partial charge in [0.2, 0.25) is 11.2 Å². The lowest BCUT2D eigenvalue weighted by atomic mass is 10.1. The minimum Gasteiger partial charge on any atom is -0.490 e. The zero-order valence-corrected chi connectivity index (χ0v) is 25.1. The Hall–Kier alpha value is -2.80. The fraction of sp³-hybridized carbons (Fsp3) is 0.516. The van der Waals surface area contributed by atoms with Crippen molar-refractivity contribution in [2.75, 3.05) is 26.4 Å². The predicted molar refractivity (Wildman–Crippen MR) is 159 cm³/mol. The second kappa shape index (κ2) is 16.5. The van der Waals surface area contributed by atoms with Gasteiger partial charge in [0.1, 0.15) is 5.58 Å². The molecule has 0 N–H and O–H groups in total. The zero-order chi connectivity index (χ0) is 28.8. The van der Waals surface area contributed by atoms with Gasteiger partial charge in [0.05, 0.1) is 31.8 Å². The van der Waals surface area contributed by atoms with Gasteiger partial charge in [-0.1, -0.05) is 65.5 Å². The van der Waals surface area contributed by atoms with Gasteiger partial charge in [-0.25, -0.2) is 4.57 Å². The molecular formula is C31H43O8P. The van der Waals surface area contributed by atoms with E-state index in [0.717, 1.165) is 38.5 Å². The monoisotopic (exact) mass is 574 g/mol. The van der Waals surface area contributed by atoms with Gasteiger partial charge in [-0.2, -0.15) is 0 Å². The third kappa shape index (κ3) is 8.85. The Morgan fingerprint density at radius 2 is 1.30 bits per heavy atom. The van der Waals surface area contributed by atoms with Crippen LogP contribution in [0.4, 0.5) is 0 Å². The van der Waals surface area contributed by atoms with Crippen molar-refractivity contribution in [3.63, 3.8) is 0 Å². The molecular weight excluding hydrogens is 531 g/mol. The number of ether oxygens (including phenoxy) is 2. The van der Waals surface area contributed by atoms with Gasteiger partial charge in [0.15, 0.2) is 17.3 Å². The molecule has 0 aliphatic carbocycles. The number of phosphoric ester groups is 1. The van der Waals surface area contributed by atoms with E-state index in [0.29, 0.717) is 54.1 Å². The van der Waals surface area contributed by atoms with E-state index in [-0.39, 0.29) is 24.7 Å². The Balaban J connectivity index is 2.11. The summed E-state index contributed by atoms with van der Waals surface area (Å²) in [6, 6.07) is 12.2. The first kappa shape index (κ1) is 31.7. The molecule has 0 unspecified atom stereocenters. The van der Waals surface area contributed by atoms with Crippen molar-refractivity contribution in [1.29, 1.82) is 0 Å². The Labute approximate surface area is 237 Å². The Bertz CT molecular complexity index is 1290. The molecule has 0 atom stereocenters. The number of hydrogen-bond donors (Lipinski definition) is 0. The average molecular weight is 575 g/mol. The first-order valence-electron chi connectivity index (χ1n) is 14.5. The van der Waals surface area contributed by atoms with Crippen LogP contribution in [-0.4, -0.2) is 26.4 Å². The minimum atomic E-state index is -4.13. The number of hydrogen-bond acceptors (Lipinski definition) is 8. The summed E-state index contributed by atoms with van der Waals surface area (Å²) in [6.45, 7) is 9.62. The highest BCUT2D eigenvalue weighted by molar-refractivity contribution is 7.48. The normalized spacial score (nSPS) is 11.6. The van der Waals surface area contributed by atoms with Crippen molar-refractivity contribution < 1.29 is 32.0 Å². The summed E-state index contributed by atoms with van der Waals surface area (Å²) in [5, 5.41) is 0.300. The van der Waals surface area contributed by atoms with E-state index < -0.39 is 13.3 Å². The smallest absolute Gasteiger partial charge is 0.490 e. The van der Waals surface area contributed by atoms with Crippen molar-refractivity contribution in [2.45, 2.75) is 79.1 Å². The van der Waals surface area contributed by atoms with Gasteiger partial charge >= 0.3 is 7.82 Å². The molecule has 1 aromatic heterocycles. The summed E-state index contributed by atoms with van der Waals surface area (Å²) in [4.78, 5) is 13.7. The van der Waals surface area contributed by atoms with Gasteiger partial charge in [-0.3, -0.25) is 13.8 Å². The van der Waals surface area contributed by atoms with Crippen LogP contribution in [0.3, 0.4) is 0 Å². The fourth-order valence-corrected chi connectivity index (χ4v) is 5.05. The van der Waals surface area contributed by atoms with E-state index in [1.807, 2.05) is 13.8 Å². The molecule has 9 heteroatoms. The average Bonchev–Trinajstić information content (AvgIpc) is 2.96. The Morgan fingerprint density at radius 1 is 0.725 bits per heavy atom. The standard InChI is InChI=1S/C31H43O8P/c1-5-9-19-34-27-18-17-24(23-28(27)35-20-10-6-2)30-31(29(32)25-15-13-14-16-26(25)38-30)39-40(33,36-21-11-7-3)37-22-12-8-4/h13-18,23H,5-12,19-22H2,1-4H3. The topological polar surface area (TPSA) is 93.4 Å². The molecule has 8 nitrogen and oxygen atoms in total. The SMILES string of the molecule is CCCCOc1ccc(-c2oc3ccccc3c(=O)c2OP(=O)(OCCCC)OCCCC)cc1OCCCC. The molecule has 1 heterocycles. The number of unbranched alkanes of at least 4 members (excludes halogenated alkanes) is 4. The van der Waals surface area contributed by atoms with Crippen LogP contribution >= 0.6 is 7.82 Å². The maximum Gasteiger partial charge on any atom is 0.530 e. The van der Waals surface area contributed by atoms with Crippen LogP contribution < -0.4 is 19.4 Å². The Morgan fingerprint density at radius 3 is 1.93 bits per heavy atom. The summed E-state index contributed by atoms with van der Waals surface area (Å²) < 4.78 is 49.2. The number of benzene rings is 2. The predicted octanol–water partition coefficient (Wildman–Crippen LogP) is 8.94. The van der Waals surface area contributed by atoms with Gasteiger partial charge < -0.3 is 18.4 Å². The van der Waals surface area contributed by atoms with Crippen molar-refractivity contribution in [1.82, 2.24) is 0 Å². The van der Waals surface area contributed by atoms with Crippen molar-refractivity contribution in [3.05, 3.63) is 52.7 Å². The van der Waals surface area contributed by atoms with Crippen molar-refractivity contribution >= 4 is 18.8 Å². The molecule has 0 spiro atoms. The summed E-state index contributed by atoms with van der Waals surface area (Å²) in [5.74, 6) is 1.03. The third-order valence-corrected chi connectivity index (χ3v) is 7.57. The number of rotatable bonds is 19. The van der Waals surface area contributed by atoms with Gasteiger partial charge in [0.25, 0.3) is 0 Å². The van der Waals surface area contributed by atoms with E-state index in [1.165, 1.54) is 0 Å². The third-order valence-electron chi connectivity index (χ3n) is 6.17. The van der Waals surface area contributed by atoms with Crippen molar-refractivity contribution in [2.24, 2.45) is 0 Å². The lowest BCUT2D eigenvalue weighted by Crippen LogP contribution is -2.12. The summed E-state index contributed by atoms with van der Waals surface area (Å²) in [5.41, 5.74) is 0.424. The van der Waals surface area contributed by atoms with Crippen LogP contribution in [0.2, 0.25) is 0 Å². The molecule has 0 aliphatic heterocycles.